The third-order valence-corrected chi connectivity index (χ3v) is 4.23. The number of nitrogens with zero attached hydrogens (tertiary/aromatic N) is 4. The van der Waals surface area contributed by atoms with Crippen LogP contribution in [0, 0.1) is 10.1 Å². The van der Waals surface area contributed by atoms with Gasteiger partial charge in [0.15, 0.2) is 5.82 Å². The maximum absolute atomic E-state index is 11.0. The molecule has 24 heavy (non-hydrogen) atoms. The molecule has 6 heteroatoms. The summed E-state index contributed by atoms with van der Waals surface area (Å²) in [5.41, 5.74) is 4.85. The molecule has 0 bridgehead atoms. The number of non-ortho nitro benzene ring substituents is 1. The quantitative estimate of drug-likeness (QED) is 0.532. The molecule has 0 aliphatic heterocycles. The number of fused-ring (bicyclic) bond motifs is 3. The zero-order chi connectivity index (χ0) is 16.5. The zero-order valence-corrected chi connectivity index (χ0v) is 12.8. The van der Waals surface area contributed by atoms with Crippen LogP contribution in [-0.4, -0.2) is 19.9 Å². The Morgan fingerprint density at radius 1 is 1.08 bits per heavy atom. The number of aryl methyl sites for hydroxylation is 2. The molecule has 0 radical (unpaired) electrons. The Bertz CT molecular complexity index is 926. The summed E-state index contributed by atoms with van der Waals surface area (Å²) in [6.45, 7) is 0. The number of nitro benzene ring substituents is 1. The Balaban J connectivity index is 1.87. The molecule has 2 aromatic heterocycles. The van der Waals surface area contributed by atoms with Crippen molar-refractivity contribution < 1.29 is 4.92 Å². The van der Waals surface area contributed by atoms with E-state index in [0.717, 1.165) is 47.2 Å². The highest BCUT2D eigenvalue weighted by Gasteiger charge is 2.20. The lowest BCUT2D eigenvalue weighted by molar-refractivity contribution is -0.384. The van der Waals surface area contributed by atoms with Gasteiger partial charge in [-0.3, -0.25) is 15.1 Å². The van der Waals surface area contributed by atoms with Crippen LogP contribution in [0.2, 0.25) is 0 Å². The van der Waals surface area contributed by atoms with Gasteiger partial charge in [-0.15, -0.1) is 0 Å². The average molecular weight is 318 g/mol. The van der Waals surface area contributed by atoms with Crippen molar-refractivity contribution >= 4 is 5.69 Å². The predicted octanol–water partition coefficient (Wildman–Crippen LogP) is 3.60. The Labute approximate surface area is 138 Å². The van der Waals surface area contributed by atoms with Gasteiger partial charge < -0.3 is 0 Å². The Kier molecular flexibility index (Phi) is 3.49. The number of rotatable bonds is 2. The molecule has 0 fully saturated rings. The zero-order valence-electron chi connectivity index (χ0n) is 12.8. The first-order valence-electron chi connectivity index (χ1n) is 7.76. The van der Waals surface area contributed by atoms with Gasteiger partial charge in [-0.05, 0) is 48.6 Å². The summed E-state index contributed by atoms with van der Waals surface area (Å²) in [5, 5.41) is 11.0. The summed E-state index contributed by atoms with van der Waals surface area (Å²) in [6.07, 6.45) is 7.90. The van der Waals surface area contributed by atoms with Crippen molar-refractivity contribution in [3.63, 3.8) is 0 Å². The van der Waals surface area contributed by atoms with Crippen molar-refractivity contribution in [2.45, 2.75) is 19.3 Å². The molecule has 4 rings (SSSR count). The second kappa shape index (κ2) is 5.81. The van der Waals surface area contributed by atoms with Gasteiger partial charge in [0, 0.05) is 41.9 Å². The van der Waals surface area contributed by atoms with Crippen LogP contribution < -0.4 is 0 Å². The van der Waals surface area contributed by atoms with Crippen LogP contribution in [0.1, 0.15) is 17.5 Å². The normalized spacial score (nSPS) is 12.8. The minimum atomic E-state index is -0.354. The average Bonchev–Trinajstić information content (AvgIpc) is 2.80. The fourth-order valence-electron chi connectivity index (χ4n) is 3.06. The molecular weight excluding hydrogens is 304 g/mol. The summed E-state index contributed by atoms with van der Waals surface area (Å²) < 4.78 is 0. The highest BCUT2D eigenvalue weighted by molar-refractivity contribution is 5.71. The van der Waals surface area contributed by atoms with Gasteiger partial charge in [0.25, 0.3) is 5.69 Å². The number of nitro groups is 1. The van der Waals surface area contributed by atoms with E-state index >= 15 is 0 Å². The van der Waals surface area contributed by atoms with E-state index in [0.29, 0.717) is 5.82 Å². The fraction of sp³-hybridized carbons (Fsp3) is 0.167. The van der Waals surface area contributed by atoms with Gasteiger partial charge in [-0.25, -0.2) is 9.97 Å². The molecule has 0 amide bonds. The third kappa shape index (κ3) is 2.52. The van der Waals surface area contributed by atoms with E-state index in [1.807, 2.05) is 18.3 Å². The van der Waals surface area contributed by atoms with E-state index in [9.17, 15) is 10.1 Å². The largest absolute Gasteiger partial charge is 0.269 e. The van der Waals surface area contributed by atoms with Crippen molar-refractivity contribution in [2.24, 2.45) is 0 Å². The smallest absolute Gasteiger partial charge is 0.264 e. The summed E-state index contributed by atoms with van der Waals surface area (Å²) >= 11 is 0. The number of pyridine rings is 1. The van der Waals surface area contributed by atoms with Crippen LogP contribution in [0.15, 0.2) is 48.9 Å². The van der Waals surface area contributed by atoms with Crippen molar-refractivity contribution in [1.82, 2.24) is 15.0 Å². The minimum Gasteiger partial charge on any atom is -0.264 e. The van der Waals surface area contributed by atoms with Crippen LogP contribution in [0.25, 0.3) is 22.6 Å². The lowest BCUT2D eigenvalue weighted by Crippen LogP contribution is -1.98. The maximum Gasteiger partial charge on any atom is 0.269 e. The van der Waals surface area contributed by atoms with Gasteiger partial charge in [0.1, 0.15) is 0 Å². The van der Waals surface area contributed by atoms with Crippen LogP contribution in [0.5, 0.6) is 0 Å². The van der Waals surface area contributed by atoms with Gasteiger partial charge in [0.2, 0.25) is 0 Å². The van der Waals surface area contributed by atoms with Crippen molar-refractivity contribution in [3.05, 3.63) is 70.2 Å². The van der Waals surface area contributed by atoms with E-state index in [-0.39, 0.29) is 10.6 Å². The Morgan fingerprint density at radius 2 is 1.96 bits per heavy atom. The standard InChI is InChI=1S/C18H14N4O2/c23-22(24)15-6-7-16-12(9-15)3-1-4-13-11-20-18(21-17(13)16)14-5-2-8-19-10-14/h2,5-11H,1,3-4H2. The highest BCUT2D eigenvalue weighted by atomic mass is 16.6. The molecule has 0 spiro atoms. The first kappa shape index (κ1) is 14.4. The lowest BCUT2D eigenvalue weighted by Gasteiger charge is -2.10. The van der Waals surface area contributed by atoms with E-state index in [1.165, 1.54) is 0 Å². The second-order valence-electron chi connectivity index (χ2n) is 5.76. The molecule has 1 aromatic carbocycles. The lowest BCUT2D eigenvalue weighted by atomic mass is 10.0. The van der Waals surface area contributed by atoms with Crippen molar-refractivity contribution in [2.75, 3.05) is 0 Å². The molecule has 0 atom stereocenters. The highest BCUT2D eigenvalue weighted by Crippen LogP contribution is 2.33. The molecule has 1 aliphatic rings. The molecule has 0 saturated carbocycles. The van der Waals surface area contributed by atoms with Crippen LogP contribution in [0.4, 0.5) is 5.69 Å². The maximum atomic E-state index is 11.0. The topological polar surface area (TPSA) is 81.8 Å². The first-order valence-corrected chi connectivity index (χ1v) is 7.76. The molecule has 0 N–H and O–H groups in total. The summed E-state index contributed by atoms with van der Waals surface area (Å²) in [4.78, 5) is 24.0. The number of hydrogen-bond donors (Lipinski definition) is 0. The Hall–Kier alpha value is -3.15. The van der Waals surface area contributed by atoms with E-state index < -0.39 is 0 Å². The summed E-state index contributed by atoms with van der Waals surface area (Å²) in [6, 6.07) is 8.78. The van der Waals surface area contributed by atoms with Crippen LogP contribution in [0.3, 0.4) is 0 Å². The molecule has 0 saturated heterocycles. The number of hydrogen-bond acceptors (Lipinski definition) is 5. The molecule has 3 aromatic rings. The third-order valence-electron chi connectivity index (χ3n) is 4.23. The van der Waals surface area contributed by atoms with E-state index in [1.54, 1.807) is 30.6 Å². The molecule has 0 unspecified atom stereocenters. The molecule has 2 heterocycles. The van der Waals surface area contributed by atoms with Gasteiger partial charge in [0.05, 0.1) is 10.6 Å². The second-order valence-corrected chi connectivity index (χ2v) is 5.76. The van der Waals surface area contributed by atoms with Gasteiger partial charge in [-0.2, -0.15) is 0 Å². The number of aromatic nitrogens is 3. The summed E-state index contributed by atoms with van der Waals surface area (Å²) in [5.74, 6) is 0.619. The van der Waals surface area contributed by atoms with Gasteiger partial charge >= 0.3 is 0 Å². The van der Waals surface area contributed by atoms with Crippen LogP contribution >= 0.6 is 0 Å². The van der Waals surface area contributed by atoms with Crippen LogP contribution in [-0.2, 0) is 12.8 Å². The first-order chi connectivity index (χ1) is 11.7. The number of benzene rings is 1. The summed E-state index contributed by atoms with van der Waals surface area (Å²) in [7, 11) is 0. The van der Waals surface area contributed by atoms with E-state index in [2.05, 4.69) is 9.97 Å². The van der Waals surface area contributed by atoms with Gasteiger partial charge in [-0.1, -0.05) is 0 Å². The molecule has 1 aliphatic carbocycles. The molecule has 6 nitrogen and oxygen atoms in total. The molecular formula is C18H14N4O2. The molecule has 118 valence electrons. The SMILES string of the molecule is O=[N+]([O-])c1ccc2c(c1)CCCc1cnc(-c3cccnc3)nc1-2. The fourth-order valence-corrected chi connectivity index (χ4v) is 3.06. The minimum absolute atomic E-state index is 0.124. The predicted molar refractivity (Wildman–Crippen MR) is 89.4 cm³/mol. The van der Waals surface area contributed by atoms with Crippen molar-refractivity contribution in [1.29, 1.82) is 0 Å². The van der Waals surface area contributed by atoms with E-state index in [4.69, 9.17) is 4.98 Å². The monoisotopic (exact) mass is 318 g/mol. The van der Waals surface area contributed by atoms with Crippen molar-refractivity contribution in [3.8, 4) is 22.6 Å². The Morgan fingerprint density at radius 3 is 2.75 bits per heavy atom.